The molecule has 0 aliphatic carbocycles. The summed E-state index contributed by atoms with van der Waals surface area (Å²) in [5, 5.41) is 6.10. The van der Waals surface area contributed by atoms with Crippen molar-refractivity contribution < 1.29 is 18.7 Å². The van der Waals surface area contributed by atoms with Crippen LogP contribution in [0.3, 0.4) is 0 Å². The number of nitrogens with zero attached hydrogens (tertiary/aromatic N) is 2. The van der Waals surface area contributed by atoms with Crippen LogP contribution in [0.25, 0.3) is 11.1 Å². The van der Waals surface area contributed by atoms with E-state index in [-0.39, 0.29) is 29.1 Å². The molecular weight excluding hydrogens is 411 g/mol. The quantitative estimate of drug-likeness (QED) is 0.773. The first kappa shape index (κ1) is 22.0. The molecule has 1 aliphatic heterocycles. The molecule has 1 aliphatic rings. The van der Waals surface area contributed by atoms with Crippen molar-refractivity contribution in [2.45, 2.75) is 25.9 Å². The van der Waals surface area contributed by atoms with Crippen molar-refractivity contribution in [2.24, 2.45) is 0 Å². The van der Waals surface area contributed by atoms with Crippen molar-refractivity contribution in [3.8, 4) is 17.0 Å². The third kappa shape index (κ3) is 4.24. The van der Waals surface area contributed by atoms with Crippen LogP contribution >= 0.6 is 11.6 Å². The summed E-state index contributed by atoms with van der Waals surface area (Å²) in [5.74, 6) is -0.903. The molecule has 1 aromatic heterocycles. The summed E-state index contributed by atoms with van der Waals surface area (Å²) in [7, 11) is 2.90. The minimum absolute atomic E-state index is 0.0887. The first-order chi connectivity index (χ1) is 14.3. The standard InChI is InChI=1S/C21H24ClFN4O3/c1-11-20(27(12(2)28)6-5-25-11)16-10-14(22)9-15(19(16)23)13-7-17(21(29)24-3)26-18(8-13)30-4/h7-11,20,25H,5-6H2,1-4H3,(H,24,29). The lowest BCUT2D eigenvalue weighted by atomic mass is 9.92. The van der Waals surface area contributed by atoms with Gasteiger partial charge in [0, 0.05) is 55.3 Å². The van der Waals surface area contributed by atoms with Gasteiger partial charge in [-0.25, -0.2) is 9.37 Å². The molecule has 9 heteroatoms. The van der Waals surface area contributed by atoms with E-state index in [0.717, 1.165) is 0 Å². The third-order valence-electron chi connectivity index (χ3n) is 5.20. The van der Waals surface area contributed by atoms with Crippen molar-refractivity contribution in [2.75, 3.05) is 27.2 Å². The van der Waals surface area contributed by atoms with E-state index in [1.165, 1.54) is 39.3 Å². The van der Waals surface area contributed by atoms with Crippen molar-refractivity contribution >= 4 is 23.4 Å². The van der Waals surface area contributed by atoms with Crippen LogP contribution < -0.4 is 15.4 Å². The molecule has 2 aromatic rings. The van der Waals surface area contributed by atoms with E-state index in [4.69, 9.17) is 16.3 Å². The predicted octanol–water partition coefficient (Wildman–Crippen LogP) is 2.79. The molecule has 0 spiro atoms. The first-order valence-electron chi connectivity index (χ1n) is 9.54. The van der Waals surface area contributed by atoms with Crippen LogP contribution in [0.2, 0.25) is 5.02 Å². The fourth-order valence-electron chi connectivity index (χ4n) is 3.77. The Balaban J connectivity index is 2.18. The molecule has 0 bridgehead atoms. The fourth-order valence-corrected chi connectivity index (χ4v) is 4.00. The van der Waals surface area contributed by atoms with Crippen LogP contribution in [-0.2, 0) is 4.79 Å². The Morgan fingerprint density at radius 3 is 2.70 bits per heavy atom. The maximum absolute atomic E-state index is 15.8. The zero-order valence-corrected chi connectivity index (χ0v) is 18.0. The number of ether oxygens (including phenoxy) is 1. The normalized spacial score (nSPS) is 18.8. The number of benzene rings is 1. The Bertz CT molecular complexity index is 985. The largest absolute Gasteiger partial charge is 0.481 e. The second-order valence-corrected chi connectivity index (χ2v) is 7.56. The maximum atomic E-state index is 15.8. The fraction of sp³-hybridized carbons (Fsp3) is 0.381. The Morgan fingerprint density at radius 2 is 2.07 bits per heavy atom. The SMILES string of the molecule is CNC(=O)c1cc(-c2cc(Cl)cc(C3C(C)NCCN3C(C)=O)c2F)cc(OC)n1. The number of carbonyl (C=O) groups excluding carboxylic acids is 2. The number of hydrogen-bond donors (Lipinski definition) is 2. The number of nitrogens with one attached hydrogen (secondary N) is 2. The second-order valence-electron chi connectivity index (χ2n) is 7.12. The zero-order chi connectivity index (χ0) is 22.0. The highest BCUT2D eigenvalue weighted by Gasteiger charge is 2.34. The van der Waals surface area contributed by atoms with Gasteiger partial charge in [-0.05, 0) is 30.7 Å². The van der Waals surface area contributed by atoms with Gasteiger partial charge in [-0.3, -0.25) is 9.59 Å². The van der Waals surface area contributed by atoms with Crippen LogP contribution in [0.5, 0.6) is 5.88 Å². The highest BCUT2D eigenvalue weighted by Crippen LogP contribution is 2.37. The molecule has 1 fully saturated rings. The van der Waals surface area contributed by atoms with Gasteiger partial charge in [-0.15, -0.1) is 0 Å². The van der Waals surface area contributed by atoms with Crippen LogP contribution in [0.1, 0.15) is 35.9 Å². The van der Waals surface area contributed by atoms with Crippen molar-refractivity contribution in [3.05, 3.63) is 46.4 Å². The molecule has 7 nitrogen and oxygen atoms in total. The number of aromatic nitrogens is 1. The molecule has 0 radical (unpaired) electrons. The summed E-state index contributed by atoms with van der Waals surface area (Å²) < 4.78 is 21.0. The van der Waals surface area contributed by atoms with Crippen molar-refractivity contribution in [3.63, 3.8) is 0 Å². The van der Waals surface area contributed by atoms with Gasteiger partial charge in [0.25, 0.3) is 5.91 Å². The van der Waals surface area contributed by atoms with E-state index in [1.807, 2.05) is 6.92 Å². The molecule has 2 amide bonds. The van der Waals surface area contributed by atoms with Crippen LogP contribution in [0.15, 0.2) is 24.3 Å². The lowest BCUT2D eigenvalue weighted by Gasteiger charge is -2.40. The van der Waals surface area contributed by atoms with E-state index < -0.39 is 17.8 Å². The van der Waals surface area contributed by atoms with Crippen LogP contribution in [0.4, 0.5) is 4.39 Å². The minimum Gasteiger partial charge on any atom is -0.481 e. The predicted molar refractivity (Wildman–Crippen MR) is 112 cm³/mol. The lowest BCUT2D eigenvalue weighted by molar-refractivity contribution is -0.133. The average Bonchev–Trinajstić information content (AvgIpc) is 2.74. The number of methoxy groups -OCH3 is 1. The summed E-state index contributed by atoms with van der Waals surface area (Å²) >= 11 is 6.35. The van der Waals surface area contributed by atoms with E-state index in [0.29, 0.717) is 29.2 Å². The Labute approximate surface area is 179 Å². The number of piperazine rings is 1. The smallest absolute Gasteiger partial charge is 0.269 e. The van der Waals surface area contributed by atoms with Gasteiger partial charge in [-0.2, -0.15) is 0 Å². The Hall–Kier alpha value is -2.71. The number of halogens is 2. The molecule has 30 heavy (non-hydrogen) atoms. The van der Waals surface area contributed by atoms with E-state index in [1.54, 1.807) is 11.0 Å². The van der Waals surface area contributed by atoms with Gasteiger partial charge in [-0.1, -0.05) is 11.6 Å². The molecular formula is C21H24ClFN4O3. The van der Waals surface area contributed by atoms with Gasteiger partial charge in [0.05, 0.1) is 13.2 Å². The van der Waals surface area contributed by atoms with Gasteiger partial charge < -0.3 is 20.3 Å². The van der Waals surface area contributed by atoms with Gasteiger partial charge >= 0.3 is 0 Å². The molecule has 2 unspecified atom stereocenters. The number of rotatable bonds is 4. The first-order valence-corrected chi connectivity index (χ1v) is 9.92. The monoisotopic (exact) mass is 434 g/mol. The minimum atomic E-state index is -0.518. The van der Waals surface area contributed by atoms with Crippen molar-refractivity contribution in [1.29, 1.82) is 0 Å². The molecule has 1 saturated heterocycles. The number of hydrogen-bond acceptors (Lipinski definition) is 5. The van der Waals surface area contributed by atoms with Gasteiger partial charge in [0.1, 0.15) is 11.5 Å². The number of carbonyl (C=O) groups is 2. The molecule has 2 N–H and O–H groups in total. The highest BCUT2D eigenvalue weighted by atomic mass is 35.5. The second kappa shape index (κ2) is 8.97. The lowest BCUT2D eigenvalue weighted by Crippen LogP contribution is -2.53. The topological polar surface area (TPSA) is 83.6 Å². The molecule has 160 valence electrons. The van der Waals surface area contributed by atoms with Gasteiger partial charge in [0.15, 0.2) is 0 Å². The summed E-state index contributed by atoms with van der Waals surface area (Å²) in [5.41, 5.74) is 0.993. The molecule has 1 aromatic carbocycles. The molecule has 2 heterocycles. The van der Waals surface area contributed by atoms with E-state index in [9.17, 15) is 9.59 Å². The van der Waals surface area contributed by atoms with E-state index in [2.05, 4.69) is 15.6 Å². The molecule has 3 rings (SSSR count). The maximum Gasteiger partial charge on any atom is 0.269 e. The van der Waals surface area contributed by atoms with Crippen molar-refractivity contribution in [1.82, 2.24) is 20.5 Å². The Morgan fingerprint density at radius 1 is 1.33 bits per heavy atom. The van der Waals surface area contributed by atoms with Gasteiger partial charge in [0.2, 0.25) is 11.8 Å². The van der Waals surface area contributed by atoms with Crippen LogP contribution in [0, 0.1) is 5.82 Å². The average molecular weight is 435 g/mol. The summed E-state index contributed by atoms with van der Waals surface area (Å²) in [6.45, 7) is 4.47. The summed E-state index contributed by atoms with van der Waals surface area (Å²) in [6.07, 6.45) is 0. The third-order valence-corrected chi connectivity index (χ3v) is 5.42. The van der Waals surface area contributed by atoms with E-state index >= 15 is 4.39 Å². The molecule has 2 atom stereocenters. The summed E-state index contributed by atoms with van der Waals surface area (Å²) in [6, 6.07) is 5.36. The zero-order valence-electron chi connectivity index (χ0n) is 17.3. The van der Waals surface area contributed by atoms with Crippen LogP contribution in [-0.4, -0.2) is 55.0 Å². The molecule has 0 saturated carbocycles. The number of amides is 2. The Kier molecular flexibility index (Phi) is 6.58. The summed E-state index contributed by atoms with van der Waals surface area (Å²) in [4.78, 5) is 30.0. The number of pyridine rings is 1. The highest BCUT2D eigenvalue weighted by molar-refractivity contribution is 6.31.